The second-order valence-electron chi connectivity index (χ2n) is 7.42. The number of carbonyl (C=O) groups excluding carboxylic acids is 1. The van der Waals surface area contributed by atoms with E-state index in [2.05, 4.69) is 13.2 Å². The monoisotopic (exact) mass is 417 g/mol. The molecule has 0 radical (unpaired) electrons. The molecule has 1 N–H and O–H groups in total. The molecule has 3 rings (SSSR count). The zero-order valence-corrected chi connectivity index (χ0v) is 17.6. The van der Waals surface area contributed by atoms with Crippen LogP contribution in [0.4, 0.5) is 4.39 Å². The van der Waals surface area contributed by atoms with Gasteiger partial charge in [0.05, 0.1) is 0 Å². The van der Waals surface area contributed by atoms with Gasteiger partial charge in [-0.1, -0.05) is 49.6 Å². The average Bonchev–Trinajstić information content (AvgIpc) is 2.74. The number of esters is 1. The summed E-state index contributed by atoms with van der Waals surface area (Å²) in [6.45, 7) is 10.5. The van der Waals surface area contributed by atoms with Crippen molar-refractivity contribution in [2.45, 2.75) is 26.7 Å². The Kier molecular flexibility index (Phi) is 6.65. The van der Waals surface area contributed by atoms with Crippen molar-refractivity contribution >= 4 is 17.4 Å². The predicted molar refractivity (Wildman–Crippen MR) is 121 cm³/mol. The maximum atomic E-state index is 14.6. The fraction of sp³-hybridized carbons (Fsp3) is 0.154. The largest absolute Gasteiger partial charge is 0.439 e. The molecule has 31 heavy (non-hydrogen) atoms. The third-order valence-corrected chi connectivity index (χ3v) is 4.80. The summed E-state index contributed by atoms with van der Waals surface area (Å²) in [5.41, 5.74) is 4.17. The Hall–Kier alpha value is -3.73. The van der Waals surface area contributed by atoms with Crippen LogP contribution in [-0.2, 0) is 9.53 Å². The highest BCUT2D eigenvalue weighted by Crippen LogP contribution is 2.34. The van der Waals surface area contributed by atoms with Crippen molar-refractivity contribution in [2.24, 2.45) is 0 Å². The summed E-state index contributed by atoms with van der Waals surface area (Å²) in [4.78, 5) is 11.6. The summed E-state index contributed by atoms with van der Waals surface area (Å²) in [5.74, 6) is -0.0261. The summed E-state index contributed by atoms with van der Waals surface area (Å²) in [7, 11) is 0. The van der Waals surface area contributed by atoms with E-state index < -0.39 is 11.8 Å². The quantitative estimate of drug-likeness (QED) is 0.244. The number of carbonyl (C=O) groups is 1. The lowest BCUT2D eigenvalue weighted by Gasteiger charge is -2.17. The van der Waals surface area contributed by atoms with Gasteiger partial charge >= 0.3 is 5.97 Å². The third-order valence-electron chi connectivity index (χ3n) is 4.80. The van der Waals surface area contributed by atoms with Gasteiger partial charge in [-0.15, -0.1) is 0 Å². The molecule has 0 aliphatic heterocycles. The lowest BCUT2D eigenvalue weighted by atomic mass is 9.94. The van der Waals surface area contributed by atoms with Gasteiger partial charge in [0.1, 0.15) is 17.3 Å². The van der Waals surface area contributed by atoms with Crippen molar-refractivity contribution in [3.63, 3.8) is 0 Å². The first kappa shape index (κ1) is 22.0. The summed E-state index contributed by atoms with van der Waals surface area (Å²) < 4.78 is 25.2. The van der Waals surface area contributed by atoms with Crippen LogP contribution in [0, 0.1) is 5.41 Å². The third kappa shape index (κ3) is 5.45. The minimum Gasteiger partial charge on any atom is -0.439 e. The van der Waals surface area contributed by atoms with Crippen LogP contribution >= 0.6 is 0 Å². The summed E-state index contributed by atoms with van der Waals surface area (Å²) in [6.07, 6.45) is 2.17. The summed E-state index contributed by atoms with van der Waals surface area (Å²) in [6, 6.07) is 15.0. The average molecular weight is 417 g/mol. The molecule has 0 spiro atoms. The van der Waals surface area contributed by atoms with Crippen molar-refractivity contribution in [3.8, 4) is 16.9 Å². The van der Waals surface area contributed by atoms with Crippen LogP contribution in [0.2, 0.25) is 0 Å². The van der Waals surface area contributed by atoms with Crippen LogP contribution in [0.15, 0.2) is 90.5 Å². The Labute approximate surface area is 181 Å². The highest BCUT2D eigenvalue weighted by molar-refractivity contribution is 5.91. The molecule has 0 saturated carbocycles. The van der Waals surface area contributed by atoms with Crippen molar-refractivity contribution in [1.29, 1.82) is 5.41 Å². The number of allylic oxidation sites excluding steroid dienone is 4. The van der Waals surface area contributed by atoms with Crippen LogP contribution in [0.3, 0.4) is 0 Å². The molecule has 0 amide bonds. The van der Waals surface area contributed by atoms with E-state index in [1.807, 2.05) is 36.4 Å². The molecule has 1 aliphatic rings. The molecule has 5 heteroatoms. The number of hydrogen-bond donors (Lipinski definition) is 1. The number of benzene rings is 2. The first-order chi connectivity index (χ1) is 14.7. The van der Waals surface area contributed by atoms with E-state index in [4.69, 9.17) is 14.9 Å². The molecule has 1 aliphatic carbocycles. The molecule has 0 saturated heterocycles. The van der Waals surface area contributed by atoms with Gasteiger partial charge < -0.3 is 9.47 Å². The second kappa shape index (κ2) is 9.39. The van der Waals surface area contributed by atoms with Crippen molar-refractivity contribution in [3.05, 3.63) is 96.1 Å². The fourth-order valence-corrected chi connectivity index (χ4v) is 3.02. The molecule has 4 nitrogen and oxygen atoms in total. The molecule has 0 aromatic heterocycles. The van der Waals surface area contributed by atoms with Gasteiger partial charge in [0.2, 0.25) is 5.90 Å². The molecule has 0 atom stereocenters. The molecule has 158 valence electrons. The van der Waals surface area contributed by atoms with E-state index in [1.165, 1.54) is 6.08 Å². The van der Waals surface area contributed by atoms with Crippen LogP contribution in [0.25, 0.3) is 16.7 Å². The van der Waals surface area contributed by atoms with Crippen molar-refractivity contribution < 1.29 is 18.7 Å². The van der Waals surface area contributed by atoms with Gasteiger partial charge in [0, 0.05) is 23.6 Å². The summed E-state index contributed by atoms with van der Waals surface area (Å²) in [5, 5.41) is 7.71. The molecule has 0 heterocycles. The van der Waals surface area contributed by atoms with Crippen molar-refractivity contribution in [2.75, 3.05) is 0 Å². The van der Waals surface area contributed by atoms with Gasteiger partial charge in [-0.25, -0.2) is 9.18 Å². The van der Waals surface area contributed by atoms with Gasteiger partial charge in [-0.05, 0) is 54.7 Å². The van der Waals surface area contributed by atoms with Crippen molar-refractivity contribution in [1.82, 2.24) is 0 Å². The fourth-order valence-electron chi connectivity index (χ4n) is 3.02. The van der Waals surface area contributed by atoms with Gasteiger partial charge in [0.25, 0.3) is 0 Å². The number of rotatable bonds is 6. The number of nitrogens with one attached hydrogen (secondary N) is 1. The normalized spacial score (nSPS) is 13.3. The van der Waals surface area contributed by atoms with Crippen LogP contribution in [0.1, 0.15) is 32.3 Å². The van der Waals surface area contributed by atoms with E-state index >= 15 is 0 Å². The maximum absolute atomic E-state index is 14.6. The zero-order chi connectivity index (χ0) is 22.5. The van der Waals surface area contributed by atoms with E-state index in [-0.39, 0.29) is 11.5 Å². The molecule has 2 aromatic carbocycles. The van der Waals surface area contributed by atoms with Crippen LogP contribution in [-0.4, -0.2) is 11.9 Å². The molecule has 0 unspecified atom stereocenters. The first-order valence-corrected chi connectivity index (χ1v) is 9.84. The number of ether oxygens (including phenoxy) is 2. The molecule has 2 aromatic rings. The highest BCUT2D eigenvalue weighted by atomic mass is 19.1. The highest BCUT2D eigenvalue weighted by Gasteiger charge is 2.18. The molecule has 0 fully saturated rings. The van der Waals surface area contributed by atoms with Gasteiger partial charge in [-0.2, -0.15) is 0 Å². The zero-order valence-electron chi connectivity index (χ0n) is 17.6. The SMILES string of the molecule is C=C(C)C(=N)Oc1ccc(-c2ccc(C3=C(F)C=C(OC(=O)C(=C)C)CC3)cc2)cc1. The van der Waals surface area contributed by atoms with Gasteiger partial charge in [-0.3, -0.25) is 5.41 Å². The van der Waals surface area contributed by atoms with E-state index in [0.29, 0.717) is 35.5 Å². The van der Waals surface area contributed by atoms with Crippen LogP contribution < -0.4 is 4.74 Å². The Morgan fingerprint density at radius 1 is 0.871 bits per heavy atom. The maximum Gasteiger partial charge on any atom is 0.338 e. The Morgan fingerprint density at radius 2 is 1.42 bits per heavy atom. The second-order valence-corrected chi connectivity index (χ2v) is 7.42. The van der Waals surface area contributed by atoms with Gasteiger partial charge in [0.15, 0.2) is 0 Å². The Balaban J connectivity index is 1.73. The standard InChI is InChI=1S/C26H24FNO3/c1-16(2)25(28)30-21-11-9-19(10-12-21)18-5-7-20(8-6-18)23-14-13-22(15-24(23)27)31-26(29)17(3)4/h5-12,15,28H,1,3,13-14H2,2,4H3. The van der Waals surface area contributed by atoms with Crippen LogP contribution in [0.5, 0.6) is 5.75 Å². The summed E-state index contributed by atoms with van der Waals surface area (Å²) >= 11 is 0. The lowest BCUT2D eigenvalue weighted by Crippen LogP contribution is -2.07. The predicted octanol–water partition coefficient (Wildman–Crippen LogP) is 6.76. The smallest absolute Gasteiger partial charge is 0.338 e. The van der Waals surface area contributed by atoms with E-state index in [1.54, 1.807) is 26.0 Å². The first-order valence-electron chi connectivity index (χ1n) is 9.84. The minimum absolute atomic E-state index is 0.0338. The van der Waals surface area contributed by atoms with E-state index in [0.717, 1.165) is 16.7 Å². The number of halogens is 1. The molecule has 0 bridgehead atoms. The topological polar surface area (TPSA) is 59.4 Å². The lowest BCUT2D eigenvalue weighted by molar-refractivity contribution is -0.135. The molecular formula is C26H24FNO3. The van der Waals surface area contributed by atoms with E-state index in [9.17, 15) is 9.18 Å². The minimum atomic E-state index is -0.542. The number of hydrogen-bond acceptors (Lipinski definition) is 4. The molecular weight excluding hydrogens is 393 g/mol. The Bertz CT molecular complexity index is 1110. The Morgan fingerprint density at radius 3 is 1.94 bits per heavy atom.